The van der Waals surface area contributed by atoms with Gasteiger partial charge in [0, 0.05) is 34.1 Å². The first-order valence-corrected chi connectivity index (χ1v) is 10.2. The summed E-state index contributed by atoms with van der Waals surface area (Å²) >= 11 is 1.71. The Bertz CT molecular complexity index is 1250. The van der Waals surface area contributed by atoms with Gasteiger partial charge in [-0.3, -0.25) is 0 Å². The van der Waals surface area contributed by atoms with Gasteiger partial charge in [-0.25, -0.2) is 9.97 Å². The van der Waals surface area contributed by atoms with Crippen molar-refractivity contribution in [1.29, 1.82) is 0 Å². The van der Waals surface area contributed by atoms with Crippen LogP contribution in [0.3, 0.4) is 0 Å². The summed E-state index contributed by atoms with van der Waals surface area (Å²) in [6.07, 6.45) is 3.03. The smallest absolute Gasteiger partial charge is 0.163 e. The van der Waals surface area contributed by atoms with Gasteiger partial charge in [0.1, 0.15) is 10.6 Å². The highest BCUT2D eigenvalue weighted by Crippen LogP contribution is 2.31. The van der Waals surface area contributed by atoms with Crippen molar-refractivity contribution in [2.24, 2.45) is 0 Å². The van der Waals surface area contributed by atoms with E-state index in [9.17, 15) is 0 Å². The Morgan fingerprint density at radius 1 is 0.964 bits per heavy atom. The zero-order valence-electron chi connectivity index (χ0n) is 15.6. The van der Waals surface area contributed by atoms with Crippen molar-refractivity contribution < 1.29 is 0 Å². The van der Waals surface area contributed by atoms with E-state index in [2.05, 4.69) is 65.9 Å². The van der Waals surface area contributed by atoms with E-state index in [4.69, 9.17) is 9.97 Å². The number of thiophene rings is 1. The fourth-order valence-electron chi connectivity index (χ4n) is 3.55. The van der Waals surface area contributed by atoms with E-state index in [1.54, 1.807) is 11.3 Å². The summed E-state index contributed by atoms with van der Waals surface area (Å²) in [5.74, 6) is 1.68. The number of hydrogen-bond donors (Lipinski definition) is 2. The van der Waals surface area contributed by atoms with Gasteiger partial charge in [-0.1, -0.05) is 48.5 Å². The summed E-state index contributed by atoms with van der Waals surface area (Å²) < 4.78 is 0. The van der Waals surface area contributed by atoms with E-state index in [0.29, 0.717) is 0 Å². The van der Waals surface area contributed by atoms with Crippen molar-refractivity contribution in [3.05, 3.63) is 77.3 Å². The van der Waals surface area contributed by atoms with Crippen molar-refractivity contribution in [3.8, 4) is 11.4 Å². The molecule has 2 aromatic carbocycles. The number of aromatic amines is 1. The van der Waals surface area contributed by atoms with Gasteiger partial charge in [-0.2, -0.15) is 0 Å². The predicted octanol–water partition coefficient (Wildman–Crippen LogP) is 5.80. The molecule has 0 bridgehead atoms. The number of nitrogens with zero attached hydrogens (tertiary/aromatic N) is 2. The van der Waals surface area contributed by atoms with Crippen LogP contribution < -0.4 is 5.32 Å². The molecule has 0 fully saturated rings. The highest BCUT2D eigenvalue weighted by Gasteiger charge is 2.12. The number of H-pyrrole nitrogens is 1. The fourth-order valence-corrected chi connectivity index (χ4v) is 4.43. The standard InChI is InChI=1S/C23H20N4S/c1-15-13-19-22(24-12-11-17-14-25-20-10-6-5-9-18(17)20)26-21(27-23(19)28-15)16-7-3-2-4-8-16/h2-10,13-14,25H,11-12H2,1H3,(H,24,26,27). The second-order valence-corrected chi connectivity index (χ2v) is 8.11. The van der Waals surface area contributed by atoms with Crippen molar-refractivity contribution in [1.82, 2.24) is 15.0 Å². The molecule has 0 unspecified atom stereocenters. The average Bonchev–Trinajstić information content (AvgIpc) is 3.31. The number of rotatable bonds is 5. The Kier molecular flexibility index (Phi) is 4.29. The van der Waals surface area contributed by atoms with E-state index < -0.39 is 0 Å². The summed E-state index contributed by atoms with van der Waals surface area (Å²) in [6.45, 7) is 2.93. The number of aromatic nitrogens is 3. The molecule has 0 amide bonds. The molecule has 2 N–H and O–H groups in total. The highest BCUT2D eigenvalue weighted by atomic mass is 32.1. The maximum absolute atomic E-state index is 4.84. The molecule has 28 heavy (non-hydrogen) atoms. The number of aryl methyl sites for hydroxylation is 1. The van der Waals surface area contributed by atoms with Crippen LogP contribution in [0.4, 0.5) is 5.82 Å². The fraction of sp³-hybridized carbons (Fsp3) is 0.130. The molecule has 0 saturated carbocycles. The molecule has 3 heterocycles. The van der Waals surface area contributed by atoms with Crippen LogP contribution >= 0.6 is 11.3 Å². The topological polar surface area (TPSA) is 53.6 Å². The predicted molar refractivity (Wildman–Crippen MR) is 118 cm³/mol. The lowest BCUT2D eigenvalue weighted by molar-refractivity contribution is 1.02. The van der Waals surface area contributed by atoms with Gasteiger partial charge in [0.2, 0.25) is 0 Å². The highest BCUT2D eigenvalue weighted by molar-refractivity contribution is 7.18. The van der Waals surface area contributed by atoms with Crippen molar-refractivity contribution in [3.63, 3.8) is 0 Å². The zero-order valence-corrected chi connectivity index (χ0v) is 16.4. The van der Waals surface area contributed by atoms with E-state index in [-0.39, 0.29) is 0 Å². The van der Waals surface area contributed by atoms with Crippen LogP contribution in [0.5, 0.6) is 0 Å². The molecule has 0 radical (unpaired) electrons. The molecule has 5 rings (SSSR count). The SMILES string of the molecule is Cc1cc2c(NCCc3c[nH]c4ccccc34)nc(-c3ccccc3)nc2s1. The van der Waals surface area contributed by atoms with Crippen LogP contribution in [-0.2, 0) is 6.42 Å². The van der Waals surface area contributed by atoms with Gasteiger partial charge < -0.3 is 10.3 Å². The van der Waals surface area contributed by atoms with Gasteiger partial charge in [0.15, 0.2) is 5.82 Å². The number of fused-ring (bicyclic) bond motifs is 2. The lowest BCUT2D eigenvalue weighted by Gasteiger charge is -2.09. The number of hydrogen-bond acceptors (Lipinski definition) is 4. The molecule has 0 spiro atoms. The molecule has 3 aromatic heterocycles. The Morgan fingerprint density at radius 2 is 1.79 bits per heavy atom. The van der Waals surface area contributed by atoms with Crippen LogP contribution in [0.25, 0.3) is 32.5 Å². The van der Waals surface area contributed by atoms with Gasteiger partial charge in [0.25, 0.3) is 0 Å². The molecule has 0 aliphatic heterocycles. The second-order valence-electron chi connectivity index (χ2n) is 6.87. The molecule has 138 valence electrons. The first-order valence-electron chi connectivity index (χ1n) is 9.40. The maximum atomic E-state index is 4.84. The van der Waals surface area contributed by atoms with Crippen LogP contribution in [0.1, 0.15) is 10.4 Å². The van der Waals surface area contributed by atoms with Crippen LogP contribution in [0, 0.1) is 6.92 Å². The van der Waals surface area contributed by atoms with Crippen LogP contribution in [0.2, 0.25) is 0 Å². The number of nitrogens with one attached hydrogen (secondary N) is 2. The maximum Gasteiger partial charge on any atom is 0.163 e. The molecule has 0 aliphatic carbocycles. The van der Waals surface area contributed by atoms with E-state index in [1.807, 2.05) is 18.2 Å². The second kappa shape index (κ2) is 7.09. The summed E-state index contributed by atoms with van der Waals surface area (Å²) in [6, 6.07) is 20.7. The first kappa shape index (κ1) is 17.0. The first-order chi connectivity index (χ1) is 13.8. The Balaban J connectivity index is 1.44. The Hall–Kier alpha value is -3.18. The minimum Gasteiger partial charge on any atom is -0.369 e. The summed E-state index contributed by atoms with van der Waals surface area (Å²) in [7, 11) is 0. The minimum atomic E-state index is 0.768. The summed E-state index contributed by atoms with van der Waals surface area (Å²) in [4.78, 5) is 15.3. The molecule has 0 atom stereocenters. The zero-order chi connectivity index (χ0) is 18.9. The molecular weight excluding hydrogens is 364 g/mol. The largest absolute Gasteiger partial charge is 0.369 e. The summed E-state index contributed by atoms with van der Waals surface area (Å²) in [5, 5.41) is 5.94. The van der Waals surface area contributed by atoms with Gasteiger partial charge in [-0.15, -0.1) is 11.3 Å². The number of anilines is 1. The minimum absolute atomic E-state index is 0.768. The van der Waals surface area contributed by atoms with Crippen molar-refractivity contribution in [2.75, 3.05) is 11.9 Å². The number of benzene rings is 2. The van der Waals surface area contributed by atoms with E-state index in [1.165, 1.54) is 21.3 Å². The van der Waals surface area contributed by atoms with Crippen LogP contribution in [-0.4, -0.2) is 21.5 Å². The lowest BCUT2D eigenvalue weighted by atomic mass is 10.1. The third kappa shape index (κ3) is 3.14. The normalized spacial score (nSPS) is 11.3. The summed E-state index contributed by atoms with van der Waals surface area (Å²) in [5.41, 5.74) is 3.54. The molecule has 5 heteroatoms. The van der Waals surface area contributed by atoms with E-state index >= 15 is 0 Å². The molecular formula is C23H20N4S. The lowest BCUT2D eigenvalue weighted by Crippen LogP contribution is -2.07. The quantitative estimate of drug-likeness (QED) is 0.402. The monoisotopic (exact) mass is 384 g/mol. The third-order valence-electron chi connectivity index (χ3n) is 4.91. The molecule has 4 nitrogen and oxygen atoms in total. The van der Waals surface area contributed by atoms with Gasteiger partial charge in [0.05, 0.1) is 5.39 Å². The van der Waals surface area contributed by atoms with Crippen molar-refractivity contribution in [2.45, 2.75) is 13.3 Å². The van der Waals surface area contributed by atoms with E-state index in [0.717, 1.165) is 40.4 Å². The molecule has 0 saturated heterocycles. The number of para-hydroxylation sites is 1. The molecule has 0 aliphatic rings. The Morgan fingerprint density at radius 3 is 2.68 bits per heavy atom. The Labute approximate surface area is 167 Å². The van der Waals surface area contributed by atoms with Gasteiger partial charge >= 0.3 is 0 Å². The molecule has 5 aromatic rings. The van der Waals surface area contributed by atoms with Gasteiger partial charge in [-0.05, 0) is 31.0 Å². The average molecular weight is 385 g/mol. The van der Waals surface area contributed by atoms with Crippen molar-refractivity contribution >= 4 is 38.3 Å². The van der Waals surface area contributed by atoms with Crippen LogP contribution in [0.15, 0.2) is 66.9 Å². The third-order valence-corrected chi connectivity index (χ3v) is 5.85.